The summed E-state index contributed by atoms with van der Waals surface area (Å²) in [5.74, 6) is -0.797. The standard InChI is InChI=1S/C26H28ClN3O4S/c1-17-4-13-23(27)22(14-17)24(31)30-25(32)29-20-9-11-21(12-10-20)35(33,34)16-19-7-5-18(6-8-19)15-26(2,3)28/h4-14H,15-16,28H2,1-3H3,(H2,29,30,31,32). The highest BCUT2D eigenvalue weighted by Crippen LogP contribution is 2.21. The smallest absolute Gasteiger partial charge is 0.325 e. The number of hydrogen-bond acceptors (Lipinski definition) is 5. The largest absolute Gasteiger partial charge is 0.326 e. The van der Waals surface area contributed by atoms with E-state index in [1.54, 1.807) is 37.3 Å². The van der Waals surface area contributed by atoms with Gasteiger partial charge in [0.1, 0.15) is 0 Å². The molecule has 3 aromatic rings. The number of nitrogens with one attached hydrogen (secondary N) is 2. The summed E-state index contributed by atoms with van der Waals surface area (Å²) in [6.45, 7) is 5.68. The predicted molar refractivity (Wildman–Crippen MR) is 138 cm³/mol. The van der Waals surface area contributed by atoms with Crippen molar-refractivity contribution in [3.63, 3.8) is 0 Å². The Morgan fingerprint density at radius 3 is 2.14 bits per heavy atom. The molecule has 0 fully saturated rings. The molecule has 0 aromatic heterocycles. The topological polar surface area (TPSA) is 118 Å². The predicted octanol–water partition coefficient (Wildman–Crippen LogP) is 4.86. The van der Waals surface area contributed by atoms with Crippen LogP contribution in [0, 0.1) is 6.92 Å². The molecule has 0 heterocycles. The fraction of sp³-hybridized carbons (Fsp3) is 0.231. The SMILES string of the molecule is Cc1ccc(Cl)c(C(=O)NC(=O)Nc2ccc(S(=O)(=O)Cc3ccc(CC(C)(C)N)cc3)cc2)c1. The third-order valence-electron chi connectivity index (χ3n) is 5.10. The van der Waals surface area contributed by atoms with Gasteiger partial charge in [-0.15, -0.1) is 0 Å². The zero-order valence-corrected chi connectivity index (χ0v) is 21.3. The lowest BCUT2D eigenvalue weighted by molar-refractivity contribution is 0.0967. The van der Waals surface area contributed by atoms with Crippen molar-refractivity contribution in [2.24, 2.45) is 5.73 Å². The third-order valence-corrected chi connectivity index (χ3v) is 7.14. The Labute approximate surface area is 210 Å². The molecular weight excluding hydrogens is 486 g/mol. The van der Waals surface area contributed by atoms with E-state index in [1.165, 1.54) is 24.3 Å². The van der Waals surface area contributed by atoms with E-state index >= 15 is 0 Å². The summed E-state index contributed by atoms with van der Waals surface area (Å²) in [5.41, 5.74) is 8.74. The van der Waals surface area contributed by atoms with E-state index < -0.39 is 21.8 Å². The van der Waals surface area contributed by atoms with Gasteiger partial charge >= 0.3 is 6.03 Å². The molecule has 0 bridgehead atoms. The zero-order valence-electron chi connectivity index (χ0n) is 19.8. The Hall–Kier alpha value is -3.20. The van der Waals surface area contributed by atoms with Gasteiger partial charge in [0.25, 0.3) is 5.91 Å². The Bertz CT molecular complexity index is 1330. The molecule has 3 aromatic carbocycles. The highest BCUT2D eigenvalue weighted by atomic mass is 35.5. The van der Waals surface area contributed by atoms with Crippen molar-refractivity contribution >= 4 is 39.1 Å². The molecule has 35 heavy (non-hydrogen) atoms. The van der Waals surface area contributed by atoms with Gasteiger partial charge < -0.3 is 11.1 Å². The normalized spacial score (nSPS) is 11.7. The number of carbonyl (C=O) groups is 2. The van der Waals surface area contributed by atoms with Crippen LogP contribution in [0.3, 0.4) is 0 Å². The van der Waals surface area contributed by atoms with Crippen molar-refractivity contribution in [1.29, 1.82) is 0 Å². The van der Waals surface area contributed by atoms with E-state index in [0.29, 0.717) is 17.7 Å². The van der Waals surface area contributed by atoms with Crippen LogP contribution in [0.5, 0.6) is 0 Å². The molecule has 0 aliphatic rings. The number of imide groups is 1. The average molecular weight is 514 g/mol. The van der Waals surface area contributed by atoms with Crippen molar-refractivity contribution in [2.75, 3.05) is 5.32 Å². The second kappa shape index (κ2) is 10.6. The van der Waals surface area contributed by atoms with Crippen molar-refractivity contribution < 1.29 is 18.0 Å². The molecule has 0 saturated carbocycles. The van der Waals surface area contributed by atoms with Gasteiger partial charge in [0, 0.05) is 11.2 Å². The van der Waals surface area contributed by atoms with E-state index in [9.17, 15) is 18.0 Å². The van der Waals surface area contributed by atoms with E-state index in [1.807, 2.05) is 26.0 Å². The molecule has 7 nitrogen and oxygen atoms in total. The number of sulfone groups is 1. The molecule has 0 saturated heterocycles. The van der Waals surface area contributed by atoms with Crippen LogP contribution in [-0.4, -0.2) is 25.9 Å². The Kier molecular flexibility index (Phi) is 8.00. The minimum Gasteiger partial charge on any atom is -0.325 e. The first kappa shape index (κ1) is 26.4. The maximum absolute atomic E-state index is 12.8. The summed E-state index contributed by atoms with van der Waals surface area (Å²) >= 11 is 6.03. The average Bonchev–Trinajstić information content (AvgIpc) is 2.76. The van der Waals surface area contributed by atoms with Crippen LogP contribution in [0.15, 0.2) is 71.6 Å². The first-order valence-electron chi connectivity index (χ1n) is 10.9. The van der Waals surface area contributed by atoms with Crippen LogP contribution in [0.1, 0.15) is 40.9 Å². The summed E-state index contributed by atoms with van der Waals surface area (Å²) in [5, 5.41) is 4.95. The molecule has 0 unspecified atom stereocenters. The Balaban J connectivity index is 1.62. The van der Waals surface area contributed by atoms with E-state index in [4.69, 9.17) is 17.3 Å². The molecule has 0 radical (unpaired) electrons. The molecule has 3 amide bonds. The lowest BCUT2D eigenvalue weighted by Crippen LogP contribution is -2.34. The fourth-order valence-corrected chi connectivity index (χ4v) is 5.03. The first-order chi connectivity index (χ1) is 16.3. The monoisotopic (exact) mass is 513 g/mol. The van der Waals surface area contributed by atoms with Crippen LogP contribution >= 0.6 is 11.6 Å². The van der Waals surface area contributed by atoms with Crippen molar-refractivity contribution in [1.82, 2.24) is 5.32 Å². The van der Waals surface area contributed by atoms with Gasteiger partial charge in [0.15, 0.2) is 9.84 Å². The molecule has 4 N–H and O–H groups in total. The molecule has 0 atom stereocenters. The van der Waals surface area contributed by atoms with Crippen LogP contribution in [-0.2, 0) is 22.0 Å². The lowest BCUT2D eigenvalue weighted by atomic mass is 9.96. The number of carbonyl (C=O) groups excluding carboxylic acids is 2. The fourth-order valence-electron chi connectivity index (χ4n) is 3.47. The zero-order chi connectivity index (χ0) is 25.8. The van der Waals surface area contributed by atoms with E-state index in [2.05, 4.69) is 10.6 Å². The molecule has 3 rings (SSSR count). The molecule has 9 heteroatoms. The second-order valence-electron chi connectivity index (χ2n) is 9.16. The van der Waals surface area contributed by atoms with Crippen LogP contribution < -0.4 is 16.4 Å². The summed E-state index contributed by atoms with van der Waals surface area (Å²) < 4.78 is 25.7. The molecule has 0 spiro atoms. The van der Waals surface area contributed by atoms with Crippen LogP contribution in [0.4, 0.5) is 10.5 Å². The first-order valence-corrected chi connectivity index (χ1v) is 12.9. The summed E-state index contributed by atoms with van der Waals surface area (Å²) in [4.78, 5) is 24.7. The molecule has 0 aliphatic heterocycles. The van der Waals surface area contributed by atoms with Gasteiger partial charge in [0.2, 0.25) is 0 Å². The molecule has 0 aliphatic carbocycles. The van der Waals surface area contributed by atoms with Gasteiger partial charge in [-0.05, 0) is 74.7 Å². The Morgan fingerprint density at radius 2 is 1.54 bits per heavy atom. The maximum Gasteiger partial charge on any atom is 0.326 e. The number of hydrogen-bond donors (Lipinski definition) is 3. The number of urea groups is 1. The van der Waals surface area contributed by atoms with Crippen molar-refractivity contribution in [2.45, 2.75) is 43.4 Å². The number of nitrogens with two attached hydrogens (primary N) is 1. The van der Waals surface area contributed by atoms with E-state index in [0.717, 1.165) is 11.1 Å². The van der Waals surface area contributed by atoms with Gasteiger partial charge in [0.05, 0.1) is 21.2 Å². The number of anilines is 1. The van der Waals surface area contributed by atoms with Gasteiger partial charge in [-0.3, -0.25) is 10.1 Å². The van der Waals surface area contributed by atoms with Crippen molar-refractivity contribution in [3.8, 4) is 0 Å². The second-order valence-corrected chi connectivity index (χ2v) is 11.6. The lowest BCUT2D eigenvalue weighted by Gasteiger charge is -2.18. The number of halogens is 1. The molecular formula is C26H28ClN3O4S. The highest BCUT2D eigenvalue weighted by Gasteiger charge is 2.18. The third kappa shape index (κ3) is 7.65. The number of rotatable bonds is 7. The van der Waals surface area contributed by atoms with Gasteiger partial charge in [-0.2, -0.15) is 0 Å². The quantitative estimate of drug-likeness (QED) is 0.416. The van der Waals surface area contributed by atoms with Gasteiger partial charge in [-0.1, -0.05) is 47.5 Å². The Morgan fingerprint density at radius 1 is 0.943 bits per heavy atom. The minimum atomic E-state index is -3.59. The van der Waals surface area contributed by atoms with E-state index in [-0.39, 0.29) is 26.8 Å². The van der Waals surface area contributed by atoms with Gasteiger partial charge in [-0.25, -0.2) is 13.2 Å². The minimum absolute atomic E-state index is 0.123. The highest BCUT2D eigenvalue weighted by molar-refractivity contribution is 7.90. The summed E-state index contributed by atoms with van der Waals surface area (Å²) in [6, 6.07) is 17.3. The maximum atomic E-state index is 12.8. The number of benzene rings is 3. The van der Waals surface area contributed by atoms with Crippen LogP contribution in [0.25, 0.3) is 0 Å². The van der Waals surface area contributed by atoms with Crippen LogP contribution in [0.2, 0.25) is 5.02 Å². The number of amides is 3. The summed E-state index contributed by atoms with van der Waals surface area (Å²) in [7, 11) is -3.59. The molecule has 184 valence electrons. The number of aryl methyl sites for hydroxylation is 1. The summed E-state index contributed by atoms with van der Waals surface area (Å²) in [6.07, 6.45) is 0.686. The van der Waals surface area contributed by atoms with Crippen molar-refractivity contribution in [3.05, 3.63) is 94.0 Å².